The van der Waals surface area contributed by atoms with Crippen LogP contribution in [0.4, 0.5) is 5.69 Å². The van der Waals surface area contributed by atoms with Gasteiger partial charge >= 0.3 is 0 Å². The summed E-state index contributed by atoms with van der Waals surface area (Å²) in [5, 5.41) is 2.92. The van der Waals surface area contributed by atoms with Crippen LogP contribution in [-0.2, 0) is 32.6 Å². The molecule has 0 bridgehead atoms. The van der Waals surface area contributed by atoms with Crippen LogP contribution >= 0.6 is 0 Å². The summed E-state index contributed by atoms with van der Waals surface area (Å²) >= 11 is 0. The number of amides is 2. The Kier molecular flexibility index (Phi) is 7.23. The van der Waals surface area contributed by atoms with Gasteiger partial charge in [0.05, 0.1) is 11.5 Å². The van der Waals surface area contributed by atoms with Crippen molar-refractivity contribution >= 4 is 27.5 Å². The van der Waals surface area contributed by atoms with Crippen molar-refractivity contribution in [3.8, 4) is 5.75 Å². The lowest BCUT2D eigenvalue weighted by Crippen LogP contribution is -2.47. The standard InChI is InChI=1S/C25H31N3O5S/c1-3-33-24-10-6-5-9-19(24)17-26-25(30)23-16-20-15-21(11-12-22(20)28(23)18(2)29)34(31,32)27-13-7-4-8-14-27/h5-6,9-12,15,23H,3-4,7-8,13-14,16-17H2,1-2H3,(H,26,30)/t23-/m1/s1. The van der Waals surface area contributed by atoms with E-state index in [9.17, 15) is 18.0 Å². The van der Waals surface area contributed by atoms with E-state index in [1.54, 1.807) is 12.1 Å². The molecule has 2 amide bonds. The summed E-state index contributed by atoms with van der Waals surface area (Å²) in [5.41, 5.74) is 2.11. The predicted molar refractivity (Wildman–Crippen MR) is 129 cm³/mol. The van der Waals surface area contributed by atoms with Gasteiger partial charge < -0.3 is 10.1 Å². The fourth-order valence-electron chi connectivity index (χ4n) is 4.69. The molecule has 0 unspecified atom stereocenters. The van der Waals surface area contributed by atoms with Crippen LogP contribution in [-0.4, -0.2) is 50.3 Å². The second kappa shape index (κ2) is 10.1. The molecule has 8 nitrogen and oxygen atoms in total. The number of piperidine rings is 1. The summed E-state index contributed by atoms with van der Waals surface area (Å²) in [6.07, 6.45) is 3.01. The van der Waals surface area contributed by atoms with Gasteiger partial charge in [-0.2, -0.15) is 4.31 Å². The molecular weight excluding hydrogens is 454 g/mol. The van der Waals surface area contributed by atoms with Crippen molar-refractivity contribution in [3.63, 3.8) is 0 Å². The molecule has 1 atom stereocenters. The number of sulfonamides is 1. The molecule has 0 aromatic heterocycles. The highest BCUT2D eigenvalue weighted by Crippen LogP contribution is 2.35. The SMILES string of the molecule is CCOc1ccccc1CNC(=O)[C@H]1Cc2cc(S(=O)(=O)N3CCCCC3)ccc2N1C(C)=O. The van der Waals surface area contributed by atoms with Crippen molar-refractivity contribution in [2.75, 3.05) is 24.6 Å². The molecule has 0 saturated carbocycles. The van der Waals surface area contributed by atoms with E-state index in [0.717, 1.165) is 24.8 Å². The van der Waals surface area contributed by atoms with Crippen molar-refractivity contribution < 1.29 is 22.7 Å². The van der Waals surface area contributed by atoms with Crippen molar-refractivity contribution in [1.82, 2.24) is 9.62 Å². The van der Waals surface area contributed by atoms with Crippen molar-refractivity contribution in [3.05, 3.63) is 53.6 Å². The quantitative estimate of drug-likeness (QED) is 0.651. The Bertz CT molecular complexity index is 1170. The van der Waals surface area contributed by atoms with E-state index in [1.807, 2.05) is 31.2 Å². The molecule has 2 aliphatic rings. The van der Waals surface area contributed by atoms with E-state index in [4.69, 9.17) is 4.74 Å². The largest absolute Gasteiger partial charge is 0.494 e. The van der Waals surface area contributed by atoms with E-state index in [2.05, 4.69) is 5.32 Å². The summed E-state index contributed by atoms with van der Waals surface area (Å²) in [6.45, 7) is 5.14. The third kappa shape index (κ3) is 4.81. The molecule has 9 heteroatoms. The van der Waals surface area contributed by atoms with Crippen LogP contribution in [0.1, 0.15) is 44.2 Å². The Balaban J connectivity index is 1.53. The number of hydrogen-bond donors (Lipinski definition) is 1. The number of anilines is 1. The van der Waals surface area contributed by atoms with Gasteiger partial charge in [0.25, 0.3) is 0 Å². The first-order chi connectivity index (χ1) is 16.3. The lowest BCUT2D eigenvalue weighted by atomic mass is 10.1. The number of rotatable bonds is 7. The number of carbonyl (C=O) groups excluding carboxylic acids is 2. The van der Waals surface area contributed by atoms with Gasteiger partial charge in [-0.3, -0.25) is 14.5 Å². The maximum absolute atomic E-state index is 13.1. The number of carbonyl (C=O) groups is 2. The lowest BCUT2D eigenvalue weighted by molar-refractivity contribution is -0.125. The van der Waals surface area contributed by atoms with Crippen molar-refractivity contribution in [2.24, 2.45) is 0 Å². The molecule has 2 aliphatic heterocycles. The number of para-hydroxylation sites is 1. The van der Waals surface area contributed by atoms with Crippen LogP contribution < -0.4 is 15.0 Å². The zero-order valence-corrected chi connectivity index (χ0v) is 20.4. The summed E-state index contributed by atoms with van der Waals surface area (Å²) in [7, 11) is -3.60. The second-order valence-electron chi connectivity index (χ2n) is 8.62. The number of ether oxygens (including phenoxy) is 1. The molecule has 1 fully saturated rings. The molecular formula is C25H31N3O5S. The van der Waals surface area contributed by atoms with E-state index < -0.39 is 16.1 Å². The summed E-state index contributed by atoms with van der Waals surface area (Å²) in [4.78, 5) is 27.3. The Labute approximate surface area is 200 Å². The lowest BCUT2D eigenvalue weighted by Gasteiger charge is -2.26. The first-order valence-electron chi connectivity index (χ1n) is 11.7. The normalized spacial score (nSPS) is 18.4. The molecule has 182 valence electrons. The Morgan fingerprint density at radius 2 is 1.82 bits per heavy atom. The molecule has 2 aromatic carbocycles. The molecule has 0 spiro atoms. The average Bonchev–Trinajstić information content (AvgIpc) is 3.23. The van der Waals surface area contributed by atoms with Gasteiger partial charge in [0.1, 0.15) is 11.8 Å². The number of hydrogen-bond acceptors (Lipinski definition) is 5. The molecule has 2 heterocycles. The van der Waals surface area contributed by atoms with Crippen LogP contribution in [0, 0.1) is 0 Å². The van der Waals surface area contributed by atoms with Gasteiger partial charge in [-0.25, -0.2) is 8.42 Å². The molecule has 1 saturated heterocycles. The van der Waals surface area contributed by atoms with Crippen LogP contribution in [0.5, 0.6) is 5.75 Å². The highest BCUT2D eigenvalue weighted by atomic mass is 32.2. The van der Waals surface area contributed by atoms with Crippen LogP contribution in [0.3, 0.4) is 0 Å². The second-order valence-corrected chi connectivity index (χ2v) is 10.6. The van der Waals surface area contributed by atoms with Gasteiger partial charge in [-0.05, 0) is 49.6 Å². The number of nitrogens with one attached hydrogen (secondary N) is 1. The fourth-order valence-corrected chi connectivity index (χ4v) is 6.26. The topological polar surface area (TPSA) is 96.0 Å². The third-order valence-corrected chi connectivity index (χ3v) is 8.25. The molecule has 2 aromatic rings. The van der Waals surface area contributed by atoms with Crippen LogP contribution in [0.25, 0.3) is 0 Å². The average molecular weight is 486 g/mol. The van der Waals surface area contributed by atoms with Gasteiger partial charge in [0.15, 0.2) is 0 Å². The maximum Gasteiger partial charge on any atom is 0.243 e. The number of fused-ring (bicyclic) bond motifs is 1. The minimum atomic E-state index is -3.60. The Morgan fingerprint density at radius 3 is 2.53 bits per heavy atom. The van der Waals surface area contributed by atoms with Crippen molar-refractivity contribution in [1.29, 1.82) is 0 Å². The predicted octanol–water partition coefficient (Wildman–Crippen LogP) is 2.85. The Hall–Kier alpha value is -2.91. The van der Waals surface area contributed by atoms with E-state index in [1.165, 1.54) is 22.2 Å². The first-order valence-corrected chi connectivity index (χ1v) is 13.2. The zero-order chi connectivity index (χ0) is 24.3. The summed E-state index contributed by atoms with van der Waals surface area (Å²) in [6, 6.07) is 11.5. The Morgan fingerprint density at radius 1 is 1.09 bits per heavy atom. The summed E-state index contributed by atoms with van der Waals surface area (Å²) in [5.74, 6) is 0.148. The van der Waals surface area contributed by atoms with Gasteiger partial charge in [-0.15, -0.1) is 0 Å². The summed E-state index contributed by atoms with van der Waals surface area (Å²) < 4.78 is 33.4. The molecule has 0 aliphatic carbocycles. The van der Waals surface area contributed by atoms with Crippen molar-refractivity contribution in [2.45, 2.75) is 57.0 Å². The van der Waals surface area contributed by atoms with E-state index >= 15 is 0 Å². The molecule has 1 N–H and O–H groups in total. The first kappa shape index (κ1) is 24.2. The van der Waals surface area contributed by atoms with E-state index in [0.29, 0.717) is 36.7 Å². The van der Waals surface area contributed by atoms with Gasteiger partial charge in [-0.1, -0.05) is 24.6 Å². The number of nitrogens with zero attached hydrogens (tertiary/aromatic N) is 2. The number of benzene rings is 2. The zero-order valence-electron chi connectivity index (χ0n) is 19.6. The minimum Gasteiger partial charge on any atom is -0.494 e. The van der Waals surface area contributed by atoms with E-state index in [-0.39, 0.29) is 29.7 Å². The van der Waals surface area contributed by atoms with Crippen LogP contribution in [0.15, 0.2) is 47.4 Å². The minimum absolute atomic E-state index is 0.211. The highest BCUT2D eigenvalue weighted by Gasteiger charge is 2.38. The fraction of sp³-hybridized carbons (Fsp3) is 0.440. The molecule has 0 radical (unpaired) electrons. The van der Waals surface area contributed by atoms with Gasteiger partial charge in [0.2, 0.25) is 21.8 Å². The molecule has 4 rings (SSSR count). The monoisotopic (exact) mass is 485 g/mol. The van der Waals surface area contributed by atoms with Gasteiger partial charge in [0, 0.05) is 44.2 Å². The third-order valence-electron chi connectivity index (χ3n) is 6.36. The smallest absolute Gasteiger partial charge is 0.243 e. The highest BCUT2D eigenvalue weighted by molar-refractivity contribution is 7.89. The van der Waals surface area contributed by atoms with Crippen LogP contribution in [0.2, 0.25) is 0 Å². The maximum atomic E-state index is 13.1. The molecule has 34 heavy (non-hydrogen) atoms.